The van der Waals surface area contributed by atoms with Gasteiger partial charge in [0, 0.05) is 22.3 Å². The van der Waals surface area contributed by atoms with Crippen molar-refractivity contribution in [1.82, 2.24) is 14.8 Å². The van der Waals surface area contributed by atoms with Crippen molar-refractivity contribution in [2.24, 2.45) is 0 Å². The quantitative estimate of drug-likeness (QED) is 0.768. The molecule has 106 valence electrons. The molecule has 1 aromatic carbocycles. The molecule has 21 heavy (non-hydrogen) atoms. The van der Waals surface area contributed by atoms with Crippen LogP contribution in [-0.2, 0) is 0 Å². The lowest BCUT2D eigenvalue weighted by Crippen LogP contribution is -1.97. The van der Waals surface area contributed by atoms with Crippen LogP contribution in [0.5, 0.6) is 0 Å². The van der Waals surface area contributed by atoms with E-state index in [2.05, 4.69) is 26.0 Å². The maximum absolute atomic E-state index is 13.3. The van der Waals surface area contributed by atoms with Gasteiger partial charge in [0.1, 0.15) is 17.3 Å². The van der Waals surface area contributed by atoms with Crippen molar-refractivity contribution in [3.8, 4) is 17.1 Å². The van der Waals surface area contributed by atoms with Crippen LogP contribution in [0.15, 0.2) is 47.2 Å². The fraction of sp³-hybridized carbons (Fsp3) is 0. The van der Waals surface area contributed by atoms with Crippen LogP contribution in [0.4, 0.5) is 14.5 Å². The van der Waals surface area contributed by atoms with E-state index in [9.17, 15) is 8.78 Å². The van der Waals surface area contributed by atoms with E-state index in [1.54, 1.807) is 18.5 Å². The van der Waals surface area contributed by atoms with Gasteiger partial charge in [0.05, 0.1) is 11.9 Å². The van der Waals surface area contributed by atoms with Crippen LogP contribution < -0.4 is 5.73 Å². The molecule has 0 radical (unpaired) electrons. The third-order valence-corrected chi connectivity index (χ3v) is 3.29. The van der Waals surface area contributed by atoms with Gasteiger partial charge in [-0.05, 0) is 40.2 Å². The number of pyridine rings is 1. The zero-order chi connectivity index (χ0) is 15.0. The van der Waals surface area contributed by atoms with Crippen molar-refractivity contribution in [2.45, 2.75) is 0 Å². The first-order chi connectivity index (χ1) is 10.0. The molecule has 2 aromatic heterocycles. The minimum atomic E-state index is -0.680. The zero-order valence-electron chi connectivity index (χ0n) is 10.6. The molecule has 0 amide bonds. The topological polar surface area (TPSA) is 56.7 Å². The molecular formula is C14H9BrF2N4. The first-order valence-corrected chi connectivity index (χ1v) is 6.76. The number of rotatable bonds is 2. The lowest BCUT2D eigenvalue weighted by molar-refractivity contribution is 0.584. The second-order valence-electron chi connectivity index (χ2n) is 4.37. The van der Waals surface area contributed by atoms with Crippen molar-refractivity contribution < 1.29 is 8.78 Å². The van der Waals surface area contributed by atoms with E-state index in [-0.39, 0.29) is 5.56 Å². The number of nitrogens with two attached hydrogens (primary N) is 1. The van der Waals surface area contributed by atoms with Crippen LogP contribution in [0.25, 0.3) is 17.1 Å². The van der Waals surface area contributed by atoms with Crippen LogP contribution >= 0.6 is 15.9 Å². The van der Waals surface area contributed by atoms with Gasteiger partial charge in [-0.2, -0.15) is 5.10 Å². The fourth-order valence-electron chi connectivity index (χ4n) is 1.92. The van der Waals surface area contributed by atoms with Crippen molar-refractivity contribution in [3.63, 3.8) is 0 Å². The predicted molar refractivity (Wildman–Crippen MR) is 78.8 cm³/mol. The van der Waals surface area contributed by atoms with Crippen LogP contribution in [-0.4, -0.2) is 14.8 Å². The third-order valence-electron chi connectivity index (χ3n) is 2.83. The lowest BCUT2D eigenvalue weighted by atomic mass is 10.1. The lowest BCUT2D eigenvalue weighted by Gasteiger charge is -2.01. The molecule has 0 atom stereocenters. The molecule has 0 spiro atoms. The summed E-state index contributed by atoms with van der Waals surface area (Å²) < 4.78 is 28.9. The molecule has 3 aromatic rings. The first kappa shape index (κ1) is 13.7. The van der Waals surface area contributed by atoms with E-state index in [1.165, 1.54) is 16.8 Å². The Hall–Kier alpha value is -2.28. The van der Waals surface area contributed by atoms with E-state index >= 15 is 0 Å². The number of hydrogen-bond donors (Lipinski definition) is 1. The molecule has 0 bridgehead atoms. The summed E-state index contributed by atoms with van der Waals surface area (Å²) in [7, 11) is 0. The number of nitrogens with zero attached hydrogens (tertiary/aromatic N) is 3. The molecule has 0 fully saturated rings. The maximum atomic E-state index is 13.3. The van der Waals surface area contributed by atoms with E-state index in [1.807, 2.05) is 6.07 Å². The van der Waals surface area contributed by atoms with E-state index in [4.69, 9.17) is 5.73 Å². The summed E-state index contributed by atoms with van der Waals surface area (Å²) in [5, 5.41) is 4.24. The van der Waals surface area contributed by atoms with Crippen molar-refractivity contribution in [1.29, 1.82) is 0 Å². The fourth-order valence-corrected chi connectivity index (χ4v) is 2.16. The van der Waals surface area contributed by atoms with Gasteiger partial charge in [-0.25, -0.2) is 18.4 Å². The smallest absolute Gasteiger partial charge is 0.153 e. The Morgan fingerprint density at radius 1 is 1.10 bits per heavy atom. The summed E-state index contributed by atoms with van der Waals surface area (Å²) in [6, 6.07) is 6.71. The van der Waals surface area contributed by atoms with Crippen molar-refractivity contribution in [3.05, 3.63) is 58.8 Å². The molecule has 4 nitrogen and oxygen atoms in total. The number of halogens is 3. The second-order valence-corrected chi connectivity index (χ2v) is 5.29. The molecule has 0 aliphatic heterocycles. The van der Waals surface area contributed by atoms with E-state index in [0.717, 1.165) is 10.5 Å². The number of benzene rings is 1. The molecule has 2 heterocycles. The molecule has 0 unspecified atom stereocenters. The Kier molecular flexibility index (Phi) is 3.42. The Morgan fingerprint density at radius 2 is 1.81 bits per heavy atom. The summed E-state index contributed by atoms with van der Waals surface area (Å²) in [5.41, 5.74) is 6.77. The highest BCUT2D eigenvalue weighted by atomic mass is 79.9. The van der Waals surface area contributed by atoms with Crippen molar-refractivity contribution in [2.75, 3.05) is 5.73 Å². The molecule has 2 N–H and O–H groups in total. The standard InChI is InChI=1S/C14H9BrF2N4/c15-9-1-2-13(19-6-9)21-7-12(18)14(20-21)8-3-10(16)5-11(17)4-8/h1-7H,18H2. The van der Waals surface area contributed by atoms with Crippen LogP contribution in [0.2, 0.25) is 0 Å². The summed E-state index contributed by atoms with van der Waals surface area (Å²) >= 11 is 3.29. The van der Waals surface area contributed by atoms with Gasteiger partial charge in [-0.15, -0.1) is 0 Å². The third kappa shape index (κ3) is 2.78. The van der Waals surface area contributed by atoms with Crippen LogP contribution in [0.3, 0.4) is 0 Å². The van der Waals surface area contributed by atoms with Gasteiger partial charge < -0.3 is 5.73 Å². The molecule has 0 saturated carbocycles. The van der Waals surface area contributed by atoms with Gasteiger partial charge in [0.2, 0.25) is 0 Å². The first-order valence-electron chi connectivity index (χ1n) is 5.96. The Morgan fingerprint density at radius 3 is 2.43 bits per heavy atom. The van der Waals surface area contributed by atoms with E-state index in [0.29, 0.717) is 17.2 Å². The maximum Gasteiger partial charge on any atom is 0.153 e. The van der Waals surface area contributed by atoms with Crippen LogP contribution in [0.1, 0.15) is 0 Å². The molecule has 0 aliphatic rings. The molecule has 3 rings (SSSR count). The van der Waals surface area contributed by atoms with E-state index < -0.39 is 11.6 Å². The Balaban J connectivity index is 2.07. The monoisotopic (exact) mass is 350 g/mol. The molecular weight excluding hydrogens is 342 g/mol. The number of aromatic nitrogens is 3. The van der Waals surface area contributed by atoms with Gasteiger partial charge >= 0.3 is 0 Å². The van der Waals surface area contributed by atoms with Crippen molar-refractivity contribution >= 4 is 21.6 Å². The van der Waals surface area contributed by atoms with Crippen LogP contribution in [0, 0.1) is 11.6 Å². The number of hydrogen-bond acceptors (Lipinski definition) is 3. The Labute approximate surface area is 127 Å². The van der Waals surface area contributed by atoms with Gasteiger partial charge in [0.25, 0.3) is 0 Å². The Bertz CT molecular complexity index is 779. The largest absolute Gasteiger partial charge is 0.396 e. The molecule has 0 aliphatic carbocycles. The summed E-state index contributed by atoms with van der Waals surface area (Å²) in [6.45, 7) is 0. The summed E-state index contributed by atoms with van der Waals surface area (Å²) in [6.07, 6.45) is 3.17. The minimum absolute atomic E-state index is 0.279. The average molecular weight is 351 g/mol. The van der Waals surface area contributed by atoms with Gasteiger partial charge in [0.15, 0.2) is 5.82 Å². The molecule has 0 saturated heterocycles. The highest BCUT2D eigenvalue weighted by molar-refractivity contribution is 9.10. The predicted octanol–water partition coefficient (Wildman–Crippen LogP) is 3.56. The van der Waals surface area contributed by atoms with Gasteiger partial charge in [-0.3, -0.25) is 0 Å². The minimum Gasteiger partial charge on any atom is -0.396 e. The summed E-state index contributed by atoms with van der Waals surface area (Å²) in [5.74, 6) is -0.811. The average Bonchev–Trinajstić information content (AvgIpc) is 2.80. The highest BCUT2D eigenvalue weighted by Gasteiger charge is 2.12. The summed E-state index contributed by atoms with van der Waals surface area (Å²) in [4.78, 5) is 4.18. The highest BCUT2D eigenvalue weighted by Crippen LogP contribution is 2.26. The second kappa shape index (κ2) is 5.25. The normalized spacial score (nSPS) is 10.8. The zero-order valence-corrected chi connectivity index (χ0v) is 12.2. The molecule has 7 heteroatoms. The SMILES string of the molecule is Nc1cn(-c2ccc(Br)cn2)nc1-c1cc(F)cc(F)c1. The number of anilines is 1. The van der Waals surface area contributed by atoms with Gasteiger partial charge in [-0.1, -0.05) is 0 Å². The number of nitrogen functional groups attached to an aromatic ring is 1.